The highest BCUT2D eigenvalue weighted by atomic mass is 35.5. The highest BCUT2D eigenvalue weighted by Gasteiger charge is 2.36. The van der Waals surface area contributed by atoms with Crippen molar-refractivity contribution in [1.29, 1.82) is 0 Å². The van der Waals surface area contributed by atoms with E-state index in [1.165, 1.54) is 4.88 Å². The lowest BCUT2D eigenvalue weighted by atomic mass is 10.2. The summed E-state index contributed by atoms with van der Waals surface area (Å²) in [5.74, 6) is 0.661. The molecule has 0 aromatic carbocycles. The number of hydrogen-bond acceptors (Lipinski definition) is 4. The molecule has 0 aliphatic carbocycles. The van der Waals surface area contributed by atoms with Crippen molar-refractivity contribution in [3.05, 3.63) is 38.8 Å². The molecule has 1 aliphatic heterocycles. The van der Waals surface area contributed by atoms with Crippen LogP contribution in [0.5, 0.6) is 0 Å². The molecule has 3 heterocycles. The molecule has 0 spiro atoms. The minimum atomic E-state index is -0.0363. The summed E-state index contributed by atoms with van der Waals surface area (Å²) in [5.41, 5.74) is 1.85. The topological polar surface area (TPSA) is 38.1 Å². The fraction of sp³-hybridized carbons (Fsp3) is 0.385. The van der Waals surface area contributed by atoms with Crippen molar-refractivity contribution in [3.8, 4) is 0 Å². The van der Waals surface area contributed by atoms with E-state index in [1.54, 1.807) is 27.8 Å². The smallest absolute Gasteiger partial charge is 0.234 e. The molecular formula is C13H14ClN3OS2. The molecule has 1 aliphatic rings. The highest BCUT2D eigenvalue weighted by molar-refractivity contribution is 8.00. The summed E-state index contributed by atoms with van der Waals surface area (Å²) in [4.78, 5) is 15.2. The Hall–Kier alpha value is -0.980. The lowest BCUT2D eigenvalue weighted by molar-refractivity contribution is -0.128. The number of aromatic nitrogens is 2. The van der Waals surface area contributed by atoms with Crippen LogP contribution in [0.25, 0.3) is 0 Å². The number of thiophene rings is 1. The van der Waals surface area contributed by atoms with E-state index in [0.717, 1.165) is 11.3 Å². The average molecular weight is 328 g/mol. The molecule has 1 amide bonds. The summed E-state index contributed by atoms with van der Waals surface area (Å²) >= 11 is 9.62. The molecule has 1 atom stereocenters. The minimum Gasteiger partial charge on any atom is -0.321 e. The van der Waals surface area contributed by atoms with Crippen LogP contribution in [-0.4, -0.2) is 26.3 Å². The number of rotatable bonds is 3. The molecule has 1 unspecified atom stereocenters. The third-order valence-corrected chi connectivity index (χ3v) is 5.85. The first kappa shape index (κ1) is 14.0. The first-order valence-corrected chi connectivity index (χ1v) is 8.51. The third kappa shape index (κ3) is 2.36. The molecule has 0 radical (unpaired) electrons. The molecule has 2 aromatic rings. The highest BCUT2D eigenvalue weighted by Crippen LogP contribution is 2.43. The first-order chi connectivity index (χ1) is 9.58. The van der Waals surface area contributed by atoms with Gasteiger partial charge in [-0.05, 0) is 18.4 Å². The molecule has 0 bridgehead atoms. The number of aryl methyl sites for hydroxylation is 2. The van der Waals surface area contributed by atoms with Gasteiger partial charge in [-0.1, -0.05) is 17.7 Å². The number of nitrogens with zero attached hydrogens (tertiary/aromatic N) is 3. The number of hydrogen-bond donors (Lipinski definition) is 0. The maximum atomic E-state index is 12.2. The SMILES string of the molecule is Cc1nn(C)c(Cl)c1C1SCC(=O)N1Cc1cccs1. The van der Waals surface area contributed by atoms with Crippen molar-refractivity contribution in [2.24, 2.45) is 7.05 Å². The zero-order valence-electron chi connectivity index (χ0n) is 11.2. The molecule has 2 aromatic heterocycles. The van der Waals surface area contributed by atoms with Crippen molar-refractivity contribution < 1.29 is 4.79 Å². The Balaban J connectivity index is 1.93. The van der Waals surface area contributed by atoms with Crippen LogP contribution in [0.2, 0.25) is 5.15 Å². The van der Waals surface area contributed by atoms with Crippen LogP contribution in [-0.2, 0) is 18.4 Å². The second-order valence-corrected chi connectivity index (χ2v) is 7.14. The summed E-state index contributed by atoms with van der Waals surface area (Å²) < 4.78 is 1.67. The summed E-state index contributed by atoms with van der Waals surface area (Å²) in [7, 11) is 1.82. The number of halogens is 1. The fourth-order valence-corrected chi connectivity index (χ4v) is 4.69. The number of carbonyl (C=O) groups is 1. The van der Waals surface area contributed by atoms with Crippen LogP contribution < -0.4 is 0 Å². The molecule has 1 fully saturated rings. The van der Waals surface area contributed by atoms with E-state index < -0.39 is 0 Å². The maximum Gasteiger partial charge on any atom is 0.234 e. The summed E-state index contributed by atoms with van der Waals surface area (Å²) in [6.07, 6.45) is 0. The van der Waals surface area contributed by atoms with Crippen LogP contribution >= 0.6 is 34.7 Å². The zero-order chi connectivity index (χ0) is 14.3. The van der Waals surface area contributed by atoms with Crippen LogP contribution in [0.3, 0.4) is 0 Å². The van der Waals surface area contributed by atoms with Crippen molar-refractivity contribution in [2.75, 3.05) is 5.75 Å². The minimum absolute atomic E-state index is 0.0363. The van der Waals surface area contributed by atoms with Gasteiger partial charge in [0.1, 0.15) is 10.5 Å². The zero-order valence-corrected chi connectivity index (χ0v) is 13.6. The Morgan fingerprint density at radius 2 is 2.35 bits per heavy atom. The van der Waals surface area contributed by atoms with E-state index in [-0.39, 0.29) is 11.3 Å². The largest absolute Gasteiger partial charge is 0.321 e. The van der Waals surface area contributed by atoms with Crippen molar-refractivity contribution in [3.63, 3.8) is 0 Å². The summed E-state index contributed by atoms with van der Waals surface area (Å²) in [6, 6.07) is 4.06. The standard InChI is InChI=1S/C13H14ClN3OS2/c1-8-11(12(14)16(2)15-8)13-17(10(18)7-20-13)6-9-4-3-5-19-9/h3-5,13H,6-7H2,1-2H3. The number of thioether (sulfide) groups is 1. The fourth-order valence-electron chi connectivity index (χ4n) is 2.36. The normalized spacial score (nSPS) is 19.1. The second-order valence-electron chi connectivity index (χ2n) is 4.68. The average Bonchev–Trinajstić information content (AvgIpc) is 3.08. The van der Waals surface area contributed by atoms with Gasteiger partial charge in [0.2, 0.25) is 5.91 Å². The van der Waals surface area contributed by atoms with Gasteiger partial charge in [0.05, 0.1) is 18.0 Å². The van der Waals surface area contributed by atoms with Crippen LogP contribution in [0, 0.1) is 6.92 Å². The Kier molecular flexibility index (Phi) is 3.79. The Morgan fingerprint density at radius 3 is 2.95 bits per heavy atom. The van der Waals surface area contributed by atoms with Gasteiger partial charge in [-0.3, -0.25) is 9.48 Å². The molecule has 3 rings (SSSR count). The second kappa shape index (κ2) is 5.42. The lowest BCUT2D eigenvalue weighted by Gasteiger charge is -2.23. The predicted molar refractivity (Wildman–Crippen MR) is 83.0 cm³/mol. The van der Waals surface area contributed by atoms with Crippen LogP contribution in [0.4, 0.5) is 0 Å². The van der Waals surface area contributed by atoms with Crippen molar-refractivity contribution in [2.45, 2.75) is 18.8 Å². The molecule has 7 heteroatoms. The van der Waals surface area contributed by atoms with Crippen molar-refractivity contribution in [1.82, 2.24) is 14.7 Å². The van der Waals surface area contributed by atoms with Gasteiger partial charge < -0.3 is 4.90 Å². The van der Waals surface area contributed by atoms with Crippen LogP contribution in [0.15, 0.2) is 17.5 Å². The van der Waals surface area contributed by atoms with Gasteiger partial charge in [-0.2, -0.15) is 5.10 Å². The first-order valence-electron chi connectivity index (χ1n) is 6.20. The summed E-state index contributed by atoms with van der Waals surface area (Å²) in [5, 5.41) is 6.96. The van der Waals surface area contributed by atoms with Gasteiger partial charge in [0.25, 0.3) is 0 Å². The molecule has 4 nitrogen and oxygen atoms in total. The Morgan fingerprint density at radius 1 is 1.55 bits per heavy atom. The molecule has 106 valence electrons. The van der Waals surface area contributed by atoms with Crippen molar-refractivity contribution >= 4 is 40.6 Å². The van der Waals surface area contributed by atoms with E-state index in [2.05, 4.69) is 11.2 Å². The van der Waals surface area contributed by atoms with Gasteiger partial charge in [0.15, 0.2) is 0 Å². The molecular weight excluding hydrogens is 314 g/mol. The van der Waals surface area contributed by atoms with E-state index in [4.69, 9.17) is 11.6 Å². The molecule has 20 heavy (non-hydrogen) atoms. The lowest BCUT2D eigenvalue weighted by Crippen LogP contribution is -2.27. The quantitative estimate of drug-likeness (QED) is 0.868. The Bertz CT molecular complexity index is 638. The molecule has 0 saturated carbocycles. The number of amides is 1. The van der Waals surface area contributed by atoms with Gasteiger partial charge in [-0.15, -0.1) is 23.1 Å². The third-order valence-electron chi connectivity index (χ3n) is 3.32. The van der Waals surface area contributed by atoms with E-state index in [0.29, 0.717) is 17.5 Å². The maximum absolute atomic E-state index is 12.2. The van der Waals surface area contributed by atoms with Gasteiger partial charge in [0, 0.05) is 17.5 Å². The van der Waals surface area contributed by atoms with Crippen LogP contribution in [0.1, 0.15) is 21.5 Å². The predicted octanol–water partition coefficient (Wildman–Crippen LogP) is 3.22. The molecule has 1 saturated heterocycles. The van der Waals surface area contributed by atoms with Gasteiger partial charge in [-0.25, -0.2) is 0 Å². The van der Waals surface area contributed by atoms with Gasteiger partial charge >= 0.3 is 0 Å². The Labute approximate surface area is 130 Å². The molecule has 0 N–H and O–H groups in total. The van der Waals surface area contributed by atoms with E-state index in [1.807, 2.05) is 30.3 Å². The monoisotopic (exact) mass is 327 g/mol. The summed E-state index contributed by atoms with van der Waals surface area (Å²) in [6.45, 7) is 2.58. The number of carbonyl (C=O) groups excluding carboxylic acids is 1. The van der Waals surface area contributed by atoms with E-state index >= 15 is 0 Å². The van der Waals surface area contributed by atoms with E-state index in [9.17, 15) is 4.79 Å².